The maximum Gasteiger partial charge on any atom is 0.115 e. The molecule has 78 valence electrons. The molecule has 15 heavy (non-hydrogen) atoms. The molecule has 0 aliphatic heterocycles. The van der Waals surface area contributed by atoms with Crippen molar-refractivity contribution < 1.29 is 5.11 Å². The van der Waals surface area contributed by atoms with E-state index in [0.717, 1.165) is 12.8 Å². The summed E-state index contributed by atoms with van der Waals surface area (Å²) in [6, 6.07) is 5.99. The van der Waals surface area contributed by atoms with Crippen LogP contribution < -0.4 is 0 Å². The standard InChI is InChI=1S/C13H15NO/c1-3-8-14(2)13-7-5-10-4-6-11(15)9-12(10)13/h1,4,6,9,13,15H,5,7-8H2,2H3/t13-/m0/s1. The van der Waals surface area contributed by atoms with Crippen LogP contribution in [-0.4, -0.2) is 23.6 Å². The molecule has 1 aliphatic carbocycles. The molecular formula is C13H15NO. The molecule has 2 nitrogen and oxygen atoms in total. The average molecular weight is 201 g/mol. The molecule has 0 saturated carbocycles. The first kappa shape index (κ1) is 10.1. The molecule has 0 unspecified atom stereocenters. The van der Waals surface area contributed by atoms with Gasteiger partial charge >= 0.3 is 0 Å². The molecule has 0 aromatic heterocycles. The number of hydrogen-bond donors (Lipinski definition) is 1. The molecule has 1 aromatic carbocycles. The molecule has 2 rings (SSSR count). The third kappa shape index (κ3) is 1.84. The first-order chi connectivity index (χ1) is 7.22. The summed E-state index contributed by atoms with van der Waals surface area (Å²) in [5.74, 6) is 3.00. The van der Waals surface area contributed by atoms with Gasteiger partial charge < -0.3 is 5.11 Å². The Hall–Kier alpha value is -1.46. The highest BCUT2D eigenvalue weighted by Gasteiger charge is 2.25. The molecule has 0 amide bonds. The fourth-order valence-corrected chi connectivity index (χ4v) is 2.28. The molecule has 1 aromatic rings. The minimum Gasteiger partial charge on any atom is -0.508 e. The predicted octanol–water partition coefficient (Wildman–Crippen LogP) is 1.94. The van der Waals surface area contributed by atoms with Gasteiger partial charge in [-0.15, -0.1) is 6.42 Å². The summed E-state index contributed by atoms with van der Waals surface area (Å²) in [5.41, 5.74) is 2.56. The highest BCUT2D eigenvalue weighted by molar-refractivity contribution is 5.40. The van der Waals surface area contributed by atoms with E-state index >= 15 is 0 Å². The Bertz CT molecular complexity index is 405. The summed E-state index contributed by atoms with van der Waals surface area (Å²) in [7, 11) is 2.03. The van der Waals surface area contributed by atoms with E-state index in [2.05, 4.69) is 10.8 Å². The van der Waals surface area contributed by atoms with Crippen LogP contribution in [0.3, 0.4) is 0 Å². The SMILES string of the molecule is C#CCN(C)[C@H]1CCc2ccc(O)cc21. The van der Waals surface area contributed by atoms with Gasteiger partial charge in [0.2, 0.25) is 0 Å². The van der Waals surface area contributed by atoms with Gasteiger partial charge in [0.1, 0.15) is 5.75 Å². The van der Waals surface area contributed by atoms with Crippen LogP contribution in [0.25, 0.3) is 0 Å². The molecule has 1 N–H and O–H groups in total. The molecule has 1 aliphatic rings. The molecule has 0 fully saturated rings. The van der Waals surface area contributed by atoms with Crippen molar-refractivity contribution >= 4 is 0 Å². The van der Waals surface area contributed by atoms with Gasteiger partial charge in [-0.05, 0) is 43.1 Å². The second-order valence-electron chi connectivity index (χ2n) is 4.06. The van der Waals surface area contributed by atoms with Crippen molar-refractivity contribution in [2.45, 2.75) is 18.9 Å². The maximum absolute atomic E-state index is 9.47. The summed E-state index contributed by atoms with van der Waals surface area (Å²) < 4.78 is 0. The zero-order chi connectivity index (χ0) is 10.8. The minimum atomic E-state index is 0.342. The Morgan fingerprint density at radius 2 is 2.40 bits per heavy atom. The van der Waals surface area contributed by atoms with Crippen LogP contribution in [0.1, 0.15) is 23.6 Å². The van der Waals surface area contributed by atoms with Gasteiger partial charge in [-0.3, -0.25) is 4.90 Å². The van der Waals surface area contributed by atoms with E-state index in [4.69, 9.17) is 6.42 Å². The van der Waals surface area contributed by atoms with Crippen LogP contribution >= 0.6 is 0 Å². The van der Waals surface area contributed by atoms with Crippen molar-refractivity contribution in [1.29, 1.82) is 0 Å². The number of aromatic hydroxyl groups is 1. The highest BCUT2D eigenvalue weighted by Crippen LogP contribution is 2.36. The van der Waals surface area contributed by atoms with Crippen LogP contribution in [0.15, 0.2) is 18.2 Å². The maximum atomic E-state index is 9.47. The quantitative estimate of drug-likeness (QED) is 0.739. The van der Waals surface area contributed by atoms with Gasteiger partial charge in [0.15, 0.2) is 0 Å². The van der Waals surface area contributed by atoms with Gasteiger partial charge in [0, 0.05) is 6.04 Å². The Kier molecular flexibility index (Phi) is 2.66. The van der Waals surface area contributed by atoms with Gasteiger partial charge in [0.25, 0.3) is 0 Å². The number of phenols is 1. The predicted molar refractivity (Wildman–Crippen MR) is 60.6 cm³/mol. The van der Waals surface area contributed by atoms with Crippen molar-refractivity contribution in [3.63, 3.8) is 0 Å². The van der Waals surface area contributed by atoms with Crippen molar-refractivity contribution in [2.24, 2.45) is 0 Å². The van der Waals surface area contributed by atoms with Crippen LogP contribution in [0.2, 0.25) is 0 Å². The first-order valence-corrected chi connectivity index (χ1v) is 5.18. The van der Waals surface area contributed by atoms with Gasteiger partial charge in [-0.1, -0.05) is 12.0 Å². The summed E-state index contributed by atoms with van der Waals surface area (Å²) >= 11 is 0. The monoisotopic (exact) mass is 201 g/mol. The lowest BCUT2D eigenvalue weighted by Crippen LogP contribution is -2.23. The number of rotatable bonds is 2. The number of terminal acetylenes is 1. The number of nitrogens with zero attached hydrogens (tertiary/aromatic N) is 1. The summed E-state index contributed by atoms with van der Waals surface area (Å²) in [6.45, 7) is 0.653. The van der Waals surface area contributed by atoms with Crippen molar-refractivity contribution in [3.05, 3.63) is 29.3 Å². The zero-order valence-corrected chi connectivity index (χ0v) is 8.90. The van der Waals surface area contributed by atoms with Crippen LogP contribution in [0.4, 0.5) is 0 Å². The smallest absolute Gasteiger partial charge is 0.115 e. The van der Waals surface area contributed by atoms with E-state index in [9.17, 15) is 5.11 Å². The third-order valence-corrected chi connectivity index (χ3v) is 3.05. The molecule has 0 radical (unpaired) electrons. The van der Waals surface area contributed by atoms with E-state index in [-0.39, 0.29) is 0 Å². The number of fused-ring (bicyclic) bond motifs is 1. The number of aryl methyl sites for hydroxylation is 1. The Morgan fingerprint density at radius 3 is 3.13 bits per heavy atom. The van der Waals surface area contributed by atoms with Crippen molar-refractivity contribution in [3.8, 4) is 18.1 Å². The fraction of sp³-hybridized carbons (Fsp3) is 0.385. The number of benzene rings is 1. The Morgan fingerprint density at radius 1 is 1.60 bits per heavy atom. The van der Waals surface area contributed by atoms with E-state index in [1.54, 1.807) is 6.07 Å². The van der Waals surface area contributed by atoms with E-state index in [1.165, 1.54) is 11.1 Å². The first-order valence-electron chi connectivity index (χ1n) is 5.18. The molecule has 0 heterocycles. The molecule has 2 heteroatoms. The molecule has 0 bridgehead atoms. The zero-order valence-electron chi connectivity index (χ0n) is 8.90. The number of phenolic OH excluding ortho intramolecular Hbond substituents is 1. The van der Waals surface area contributed by atoms with E-state index < -0.39 is 0 Å². The second kappa shape index (κ2) is 3.96. The van der Waals surface area contributed by atoms with E-state index in [0.29, 0.717) is 18.3 Å². The van der Waals surface area contributed by atoms with Crippen molar-refractivity contribution in [2.75, 3.05) is 13.6 Å². The van der Waals surface area contributed by atoms with Crippen LogP contribution in [0.5, 0.6) is 5.75 Å². The lowest BCUT2D eigenvalue weighted by atomic mass is 10.1. The van der Waals surface area contributed by atoms with Crippen LogP contribution in [0, 0.1) is 12.3 Å². The van der Waals surface area contributed by atoms with Gasteiger partial charge in [-0.25, -0.2) is 0 Å². The third-order valence-electron chi connectivity index (χ3n) is 3.05. The Labute approximate surface area is 90.5 Å². The lowest BCUT2D eigenvalue weighted by molar-refractivity contribution is 0.274. The van der Waals surface area contributed by atoms with Gasteiger partial charge in [-0.2, -0.15) is 0 Å². The minimum absolute atomic E-state index is 0.342. The van der Waals surface area contributed by atoms with Gasteiger partial charge in [0.05, 0.1) is 6.54 Å². The lowest BCUT2D eigenvalue weighted by Gasteiger charge is -2.22. The van der Waals surface area contributed by atoms with Crippen molar-refractivity contribution in [1.82, 2.24) is 4.90 Å². The topological polar surface area (TPSA) is 23.5 Å². The fourth-order valence-electron chi connectivity index (χ4n) is 2.28. The largest absolute Gasteiger partial charge is 0.508 e. The summed E-state index contributed by atoms with van der Waals surface area (Å²) in [5, 5.41) is 9.47. The molecular weight excluding hydrogens is 186 g/mol. The molecule has 0 spiro atoms. The molecule has 1 atom stereocenters. The van der Waals surface area contributed by atoms with E-state index in [1.807, 2.05) is 19.2 Å². The number of hydrogen-bond acceptors (Lipinski definition) is 2. The van der Waals surface area contributed by atoms with Crippen LogP contribution in [-0.2, 0) is 6.42 Å². The summed E-state index contributed by atoms with van der Waals surface area (Å²) in [4.78, 5) is 2.16. The highest BCUT2D eigenvalue weighted by atomic mass is 16.3. The normalized spacial score (nSPS) is 18.9. The average Bonchev–Trinajstić information content (AvgIpc) is 2.60. The second-order valence-corrected chi connectivity index (χ2v) is 4.06. The Balaban J connectivity index is 2.28. The molecule has 0 saturated heterocycles. The summed E-state index contributed by atoms with van der Waals surface area (Å²) in [6.07, 6.45) is 7.48.